The number of carbonyl (C=O) groups is 1. The van der Waals surface area contributed by atoms with E-state index in [0.29, 0.717) is 16.4 Å². The normalized spacial score (nSPS) is 16.2. The van der Waals surface area contributed by atoms with Crippen molar-refractivity contribution < 1.29 is 4.79 Å². The lowest BCUT2D eigenvalue weighted by molar-refractivity contribution is 0.0864. The molecular weight excluding hydrogens is 388 g/mol. The first-order valence-corrected chi connectivity index (χ1v) is 10.4. The van der Waals surface area contributed by atoms with E-state index in [2.05, 4.69) is 5.10 Å². The molecule has 0 bridgehead atoms. The van der Waals surface area contributed by atoms with Gasteiger partial charge in [0.05, 0.1) is 16.3 Å². The number of thiophene rings is 1. The molecule has 0 N–H and O–H groups in total. The van der Waals surface area contributed by atoms with Gasteiger partial charge in [-0.1, -0.05) is 29.4 Å². The Kier molecular flexibility index (Phi) is 4.54. The molecule has 5 nitrogen and oxygen atoms in total. The minimum absolute atomic E-state index is 0.00553. The zero-order chi connectivity index (χ0) is 18.4. The van der Waals surface area contributed by atoms with Crippen LogP contribution in [0.25, 0.3) is 10.2 Å². The van der Waals surface area contributed by atoms with Gasteiger partial charge in [0.1, 0.15) is 4.83 Å². The highest BCUT2D eigenvalue weighted by Crippen LogP contribution is 2.32. The maximum atomic E-state index is 13.1. The third kappa shape index (κ3) is 2.94. The Labute approximate surface area is 164 Å². The summed E-state index contributed by atoms with van der Waals surface area (Å²) >= 11 is 9.27. The Morgan fingerprint density at radius 1 is 1.35 bits per heavy atom. The van der Waals surface area contributed by atoms with E-state index in [9.17, 15) is 4.79 Å². The number of rotatable bonds is 2. The molecule has 1 fully saturated rings. The van der Waals surface area contributed by atoms with E-state index < -0.39 is 0 Å². The third-order valence-corrected chi connectivity index (χ3v) is 6.94. The van der Waals surface area contributed by atoms with E-state index in [4.69, 9.17) is 16.6 Å². The average molecular weight is 405 g/mol. The average Bonchev–Trinajstić information content (AvgIpc) is 3.30. The fourth-order valence-corrected chi connectivity index (χ4v) is 5.14. The van der Waals surface area contributed by atoms with Crippen LogP contribution in [-0.2, 0) is 7.05 Å². The number of benzene rings is 1. The summed E-state index contributed by atoms with van der Waals surface area (Å²) in [4.78, 5) is 21.3. The highest BCUT2D eigenvalue weighted by molar-refractivity contribution is 8.14. The quantitative estimate of drug-likeness (QED) is 0.617. The van der Waals surface area contributed by atoms with Gasteiger partial charge in [-0.2, -0.15) is 5.10 Å². The molecule has 2 aromatic heterocycles. The zero-order valence-corrected chi connectivity index (χ0v) is 17.0. The first kappa shape index (κ1) is 17.6. The molecule has 1 aliphatic rings. The third-order valence-electron chi connectivity index (χ3n) is 4.38. The number of hydrogen-bond acceptors (Lipinski definition) is 5. The summed E-state index contributed by atoms with van der Waals surface area (Å²) in [6, 6.07) is 7.58. The van der Waals surface area contributed by atoms with Crippen LogP contribution in [-0.4, -0.2) is 38.1 Å². The number of thioether (sulfide) groups is 1. The summed E-state index contributed by atoms with van der Waals surface area (Å²) in [5, 5.41) is 6.85. The monoisotopic (exact) mass is 404 g/mol. The number of fused-ring (bicyclic) bond motifs is 1. The molecule has 4 rings (SSSR count). The second-order valence-electron chi connectivity index (χ2n) is 6.12. The van der Waals surface area contributed by atoms with Gasteiger partial charge in [0, 0.05) is 29.8 Å². The van der Waals surface area contributed by atoms with Crippen molar-refractivity contribution in [1.29, 1.82) is 0 Å². The molecule has 8 heteroatoms. The van der Waals surface area contributed by atoms with Crippen LogP contribution in [0.15, 0.2) is 29.3 Å². The van der Waals surface area contributed by atoms with Gasteiger partial charge in [0.2, 0.25) is 0 Å². The fraction of sp³-hybridized carbons (Fsp3) is 0.278. The lowest BCUT2D eigenvalue weighted by Gasteiger charge is -2.15. The van der Waals surface area contributed by atoms with Crippen LogP contribution in [0.2, 0.25) is 5.02 Å². The largest absolute Gasteiger partial charge is 0.286 e. The number of amidine groups is 1. The molecule has 134 valence electrons. The van der Waals surface area contributed by atoms with Gasteiger partial charge in [-0.15, -0.1) is 11.3 Å². The maximum Gasteiger partial charge on any atom is 0.270 e. The summed E-state index contributed by atoms with van der Waals surface area (Å²) in [5.74, 6) is 0.837. The van der Waals surface area contributed by atoms with Crippen LogP contribution in [0.4, 0.5) is 5.69 Å². The van der Waals surface area contributed by atoms with Gasteiger partial charge >= 0.3 is 0 Å². The number of carbonyl (C=O) groups excluding carboxylic acids is 1. The predicted molar refractivity (Wildman–Crippen MR) is 110 cm³/mol. The van der Waals surface area contributed by atoms with Crippen LogP contribution in [0, 0.1) is 13.8 Å². The van der Waals surface area contributed by atoms with E-state index in [1.807, 2.05) is 49.8 Å². The topological polar surface area (TPSA) is 50.5 Å². The van der Waals surface area contributed by atoms with E-state index >= 15 is 0 Å². The molecule has 1 aromatic carbocycles. The number of nitrogens with zero attached hydrogens (tertiary/aromatic N) is 4. The Balaban J connectivity index is 1.69. The summed E-state index contributed by atoms with van der Waals surface area (Å²) in [7, 11) is 1.90. The molecule has 0 radical (unpaired) electrons. The first-order valence-electron chi connectivity index (χ1n) is 8.17. The number of aryl methyl sites for hydroxylation is 2. The Hall–Kier alpha value is -1.83. The van der Waals surface area contributed by atoms with Gasteiger partial charge in [-0.3, -0.25) is 14.4 Å². The molecule has 0 spiro atoms. The smallest absolute Gasteiger partial charge is 0.270 e. The number of halogens is 1. The van der Waals surface area contributed by atoms with Crippen LogP contribution in [0.3, 0.4) is 0 Å². The van der Waals surface area contributed by atoms with Crippen molar-refractivity contribution in [3.05, 3.63) is 45.4 Å². The van der Waals surface area contributed by atoms with Crippen LogP contribution < -0.4 is 0 Å². The Morgan fingerprint density at radius 2 is 2.15 bits per heavy atom. The minimum atomic E-state index is -0.00553. The standard InChI is InChI=1S/C18H17ClN4OS2/c1-10-13(19)5-4-6-14(10)20-18-23(7-8-25-18)16(24)15-9-12-11(2)21-22(3)17(12)26-15/h4-6,9H,7-8H2,1-3H3. The van der Waals surface area contributed by atoms with Crippen molar-refractivity contribution in [2.45, 2.75) is 13.8 Å². The van der Waals surface area contributed by atoms with Crippen molar-refractivity contribution in [3.8, 4) is 0 Å². The summed E-state index contributed by atoms with van der Waals surface area (Å²) in [6.07, 6.45) is 0. The lowest BCUT2D eigenvalue weighted by atomic mass is 10.2. The van der Waals surface area contributed by atoms with Crippen LogP contribution in [0.5, 0.6) is 0 Å². The fourth-order valence-electron chi connectivity index (χ4n) is 2.95. The minimum Gasteiger partial charge on any atom is -0.286 e. The van der Waals surface area contributed by atoms with Crippen LogP contribution >= 0.6 is 34.7 Å². The van der Waals surface area contributed by atoms with E-state index in [1.165, 1.54) is 11.3 Å². The lowest BCUT2D eigenvalue weighted by Crippen LogP contribution is -2.31. The van der Waals surface area contributed by atoms with Gasteiger partial charge in [-0.05, 0) is 37.6 Å². The van der Waals surface area contributed by atoms with E-state index in [-0.39, 0.29) is 5.91 Å². The SMILES string of the molecule is Cc1c(Cl)cccc1N=C1SCCN1C(=O)c1cc2c(C)nn(C)c2s1. The van der Waals surface area contributed by atoms with E-state index in [0.717, 1.165) is 38.1 Å². The van der Waals surface area contributed by atoms with Gasteiger partial charge < -0.3 is 0 Å². The van der Waals surface area contributed by atoms with Crippen molar-refractivity contribution in [2.24, 2.45) is 12.0 Å². The summed E-state index contributed by atoms with van der Waals surface area (Å²) in [5.41, 5.74) is 2.67. The molecule has 3 heterocycles. The molecule has 0 unspecified atom stereocenters. The molecule has 26 heavy (non-hydrogen) atoms. The second kappa shape index (κ2) is 6.72. The van der Waals surface area contributed by atoms with Crippen molar-refractivity contribution in [2.75, 3.05) is 12.3 Å². The molecule has 3 aromatic rings. The van der Waals surface area contributed by atoms with Gasteiger partial charge in [0.15, 0.2) is 5.17 Å². The van der Waals surface area contributed by atoms with E-state index in [1.54, 1.807) is 16.7 Å². The zero-order valence-electron chi connectivity index (χ0n) is 14.6. The molecule has 1 saturated heterocycles. The van der Waals surface area contributed by atoms with Crippen molar-refractivity contribution in [3.63, 3.8) is 0 Å². The Morgan fingerprint density at radius 3 is 2.92 bits per heavy atom. The molecule has 1 aliphatic heterocycles. The molecular formula is C18H17ClN4OS2. The number of hydrogen-bond donors (Lipinski definition) is 0. The molecule has 0 aliphatic carbocycles. The molecule has 0 atom stereocenters. The number of aromatic nitrogens is 2. The Bertz CT molecular complexity index is 1020. The number of aliphatic imine (C=N–C) groups is 1. The highest BCUT2D eigenvalue weighted by Gasteiger charge is 2.29. The molecule has 0 saturated carbocycles. The maximum absolute atomic E-state index is 13.1. The first-order chi connectivity index (χ1) is 12.5. The van der Waals surface area contributed by atoms with Crippen LogP contribution in [0.1, 0.15) is 20.9 Å². The van der Waals surface area contributed by atoms with Gasteiger partial charge in [-0.25, -0.2) is 4.99 Å². The van der Waals surface area contributed by atoms with Gasteiger partial charge in [0.25, 0.3) is 5.91 Å². The predicted octanol–water partition coefficient (Wildman–Crippen LogP) is 4.78. The second-order valence-corrected chi connectivity index (χ2v) is 8.62. The number of amides is 1. The summed E-state index contributed by atoms with van der Waals surface area (Å²) in [6.45, 7) is 4.56. The van der Waals surface area contributed by atoms with Crippen molar-refractivity contribution in [1.82, 2.24) is 14.7 Å². The highest BCUT2D eigenvalue weighted by atomic mass is 35.5. The molecule has 1 amide bonds. The summed E-state index contributed by atoms with van der Waals surface area (Å²) < 4.78 is 1.83. The van der Waals surface area contributed by atoms with Crippen molar-refractivity contribution >= 4 is 61.7 Å².